The second-order valence-electron chi connectivity index (χ2n) is 2.89. The van der Waals surface area contributed by atoms with Crippen LogP contribution in [-0.4, -0.2) is 20.6 Å². The number of amidine groups is 1. The maximum Gasteiger partial charge on any atom is 0.164 e. The predicted molar refractivity (Wildman–Crippen MR) is 57.4 cm³/mol. The number of hydrogen-bond acceptors (Lipinski definition) is 3. The molecule has 0 radical (unpaired) electrons. The SMILES string of the molecule is N=C(N)c1cccnc1-n1cc(Cl)cn1. The van der Waals surface area contributed by atoms with Crippen LogP contribution in [0.25, 0.3) is 5.82 Å². The van der Waals surface area contributed by atoms with Crippen molar-refractivity contribution in [2.24, 2.45) is 5.73 Å². The largest absolute Gasteiger partial charge is 0.384 e. The summed E-state index contributed by atoms with van der Waals surface area (Å²) in [5.74, 6) is 0.446. The molecule has 3 N–H and O–H groups in total. The fourth-order valence-electron chi connectivity index (χ4n) is 1.21. The third kappa shape index (κ3) is 1.82. The van der Waals surface area contributed by atoms with E-state index in [0.29, 0.717) is 16.4 Å². The molecule has 0 aliphatic carbocycles. The third-order valence-electron chi connectivity index (χ3n) is 1.84. The third-order valence-corrected chi connectivity index (χ3v) is 2.04. The van der Waals surface area contributed by atoms with E-state index in [9.17, 15) is 0 Å². The van der Waals surface area contributed by atoms with Gasteiger partial charge < -0.3 is 5.73 Å². The maximum atomic E-state index is 7.40. The van der Waals surface area contributed by atoms with E-state index < -0.39 is 0 Å². The van der Waals surface area contributed by atoms with Gasteiger partial charge in [-0.3, -0.25) is 5.41 Å². The first kappa shape index (κ1) is 9.67. The number of hydrogen-bond donors (Lipinski definition) is 2. The van der Waals surface area contributed by atoms with Gasteiger partial charge in [-0.25, -0.2) is 9.67 Å². The van der Waals surface area contributed by atoms with Gasteiger partial charge in [-0.15, -0.1) is 0 Å². The Morgan fingerprint density at radius 2 is 2.33 bits per heavy atom. The van der Waals surface area contributed by atoms with Crippen LogP contribution < -0.4 is 5.73 Å². The van der Waals surface area contributed by atoms with Gasteiger partial charge in [0.1, 0.15) is 5.84 Å². The minimum absolute atomic E-state index is 0.0512. The molecule has 6 heteroatoms. The van der Waals surface area contributed by atoms with Crippen LogP contribution in [0.1, 0.15) is 5.56 Å². The minimum atomic E-state index is -0.0512. The highest BCUT2D eigenvalue weighted by molar-refractivity contribution is 6.30. The highest BCUT2D eigenvalue weighted by atomic mass is 35.5. The van der Waals surface area contributed by atoms with Crippen LogP contribution in [0.5, 0.6) is 0 Å². The molecule has 2 rings (SSSR count). The molecule has 15 heavy (non-hydrogen) atoms. The number of nitrogen functional groups attached to an aromatic ring is 1. The summed E-state index contributed by atoms with van der Waals surface area (Å²) in [5.41, 5.74) is 5.95. The molecule has 0 atom stereocenters. The summed E-state index contributed by atoms with van der Waals surface area (Å²) in [6, 6.07) is 3.42. The lowest BCUT2D eigenvalue weighted by Crippen LogP contribution is -2.15. The highest BCUT2D eigenvalue weighted by Gasteiger charge is 2.08. The molecule has 2 aromatic rings. The number of nitrogens with zero attached hydrogens (tertiary/aromatic N) is 3. The van der Waals surface area contributed by atoms with Crippen LogP contribution in [-0.2, 0) is 0 Å². The standard InChI is InChI=1S/C9H8ClN5/c10-6-4-14-15(5-6)9-7(8(11)12)2-1-3-13-9/h1-5H,(H3,11,12). The van der Waals surface area contributed by atoms with Crippen LogP contribution in [0.2, 0.25) is 5.02 Å². The van der Waals surface area contributed by atoms with Crippen molar-refractivity contribution in [2.75, 3.05) is 0 Å². The average molecular weight is 222 g/mol. The van der Waals surface area contributed by atoms with E-state index in [0.717, 1.165) is 0 Å². The van der Waals surface area contributed by atoms with Crippen LogP contribution in [0.3, 0.4) is 0 Å². The minimum Gasteiger partial charge on any atom is -0.384 e. The second-order valence-corrected chi connectivity index (χ2v) is 3.33. The first-order valence-corrected chi connectivity index (χ1v) is 4.56. The molecule has 0 aliphatic heterocycles. The summed E-state index contributed by atoms with van der Waals surface area (Å²) in [6.45, 7) is 0. The average Bonchev–Trinajstić information content (AvgIpc) is 2.65. The molecule has 5 nitrogen and oxygen atoms in total. The van der Waals surface area contributed by atoms with Gasteiger partial charge in [-0.2, -0.15) is 5.10 Å². The summed E-state index contributed by atoms with van der Waals surface area (Å²) in [6.07, 6.45) is 4.72. The smallest absolute Gasteiger partial charge is 0.164 e. The Bertz CT molecular complexity index is 505. The normalized spacial score (nSPS) is 10.2. The van der Waals surface area contributed by atoms with Crippen molar-refractivity contribution in [3.8, 4) is 5.82 Å². The molecule has 0 spiro atoms. The molecule has 0 fully saturated rings. The Labute approximate surface area is 91.0 Å². The molecule has 2 aromatic heterocycles. The zero-order valence-electron chi connectivity index (χ0n) is 7.68. The van der Waals surface area contributed by atoms with Gasteiger partial charge in [0, 0.05) is 6.20 Å². The molecule has 0 aliphatic rings. The molecule has 0 saturated heterocycles. The van der Waals surface area contributed by atoms with E-state index in [1.165, 1.54) is 10.9 Å². The van der Waals surface area contributed by atoms with Gasteiger partial charge in [0.05, 0.1) is 23.0 Å². The summed E-state index contributed by atoms with van der Waals surface area (Å²) >= 11 is 5.75. The van der Waals surface area contributed by atoms with Gasteiger partial charge >= 0.3 is 0 Å². The Morgan fingerprint density at radius 1 is 1.53 bits per heavy atom. The Kier molecular flexibility index (Phi) is 2.39. The fraction of sp³-hybridized carbons (Fsp3) is 0. The lowest BCUT2D eigenvalue weighted by molar-refractivity contribution is 0.844. The van der Waals surface area contributed by atoms with Crippen molar-refractivity contribution < 1.29 is 0 Å². The van der Waals surface area contributed by atoms with Crippen molar-refractivity contribution in [2.45, 2.75) is 0 Å². The van der Waals surface area contributed by atoms with Gasteiger partial charge in [0.15, 0.2) is 5.82 Å². The molecular formula is C9H8ClN5. The van der Waals surface area contributed by atoms with E-state index in [-0.39, 0.29) is 5.84 Å². The number of halogens is 1. The molecule has 0 amide bonds. The fourth-order valence-corrected chi connectivity index (χ4v) is 1.34. The van der Waals surface area contributed by atoms with Gasteiger partial charge in [0.2, 0.25) is 0 Å². The Balaban J connectivity index is 2.57. The van der Waals surface area contributed by atoms with Crippen LogP contribution >= 0.6 is 11.6 Å². The first-order chi connectivity index (χ1) is 7.18. The summed E-state index contributed by atoms with van der Waals surface area (Å²) in [4.78, 5) is 4.10. The van der Waals surface area contributed by atoms with Crippen molar-refractivity contribution in [3.05, 3.63) is 41.3 Å². The summed E-state index contributed by atoms with van der Waals surface area (Å²) in [7, 11) is 0. The van der Waals surface area contributed by atoms with E-state index in [2.05, 4.69) is 10.1 Å². The summed E-state index contributed by atoms with van der Waals surface area (Å²) < 4.78 is 1.49. The zero-order chi connectivity index (χ0) is 10.8. The Morgan fingerprint density at radius 3 is 2.93 bits per heavy atom. The van der Waals surface area contributed by atoms with Crippen molar-refractivity contribution >= 4 is 17.4 Å². The monoisotopic (exact) mass is 221 g/mol. The number of rotatable bonds is 2. The first-order valence-electron chi connectivity index (χ1n) is 4.18. The van der Waals surface area contributed by atoms with E-state index >= 15 is 0 Å². The molecule has 0 unspecified atom stereocenters. The Hall–Kier alpha value is -1.88. The molecule has 76 valence electrons. The quantitative estimate of drug-likeness (QED) is 0.591. The zero-order valence-corrected chi connectivity index (χ0v) is 8.44. The second kappa shape index (κ2) is 3.70. The lowest BCUT2D eigenvalue weighted by atomic mass is 10.2. The highest BCUT2D eigenvalue weighted by Crippen LogP contribution is 2.13. The maximum absolute atomic E-state index is 7.40. The molecule has 0 bridgehead atoms. The molecule has 0 saturated carbocycles. The van der Waals surface area contributed by atoms with Gasteiger partial charge in [-0.05, 0) is 12.1 Å². The van der Waals surface area contributed by atoms with E-state index in [1.54, 1.807) is 24.5 Å². The van der Waals surface area contributed by atoms with Crippen molar-refractivity contribution in [3.63, 3.8) is 0 Å². The van der Waals surface area contributed by atoms with E-state index in [4.69, 9.17) is 22.7 Å². The van der Waals surface area contributed by atoms with E-state index in [1.807, 2.05) is 0 Å². The molecular weight excluding hydrogens is 214 g/mol. The number of pyridine rings is 1. The van der Waals surface area contributed by atoms with Crippen LogP contribution in [0.15, 0.2) is 30.7 Å². The van der Waals surface area contributed by atoms with Crippen LogP contribution in [0.4, 0.5) is 0 Å². The lowest BCUT2D eigenvalue weighted by Gasteiger charge is -2.05. The number of nitrogens with one attached hydrogen (secondary N) is 1. The predicted octanol–water partition coefficient (Wildman–Crippen LogP) is 1.20. The molecule has 0 aromatic carbocycles. The van der Waals surface area contributed by atoms with Gasteiger partial charge in [-0.1, -0.05) is 11.6 Å². The van der Waals surface area contributed by atoms with Crippen molar-refractivity contribution in [1.82, 2.24) is 14.8 Å². The number of aromatic nitrogens is 3. The number of nitrogens with two attached hydrogens (primary N) is 1. The van der Waals surface area contributed by atoms with Crippen molar-refractivity contribution in [1.29, 1.82) is 5.41 Å². The topological polar surface area (TPSA) is 80.6 Å². The molecule has 2 heterocycles. The summed E-state index contributed by atoms with van der Waals surface area (Å²) in [5, 5.41) is 11.9. The van der Waals surface area contributed by atoms with Gasteiger partial charge in [0.25, 0.3) is 0 Å². The van der Waals surface area contributed by atoms with Crippen LogP contribution in [0, 0.1) is 5.41 Å².